The molecule has 5 nitrogen and oxygen atoms in total. The Morgan fingerprint density at radius 3 is 2.70 bits per heavy atom. The summed E-state index contributed by atoms with van der Waals surface area (Å²) in [6.45, 7) is 5.10. The number of hydrogen-bond acceptors (Lipinski definition) is 4. The highest BCUT2D eigenvalue weighted by Gasteiger charge is 2.35. The van der Waals surface area contributed by atoms with Crippen molar-refractivity contribution in [2.45, 2.75) is 56.7 Å². The Bertz CT molecular complexity index is 350. The average molecular weight is 283 g/mol. The van der Waals surface area contributed by atoms with Gasteiger partial charge in [-0.1, -0.05) is 0 Å². The van der Waals surface area contributed by atoms with Crippen LogP contribution in [0.15, 0.2) is 0 Å². The van der Waals surface area contributed by atoms with E-state index in [4.69, 9.17) is 0 Å². The fraction of sp³-hybridized carbons (Fsp3) is 0.933. The zero-order valence-electron chi connectivity index (χ0n) is 13.1. The molecule has 2 fully saturated rings. The van der Waals surface area contributed by atoms with Gasteiger partial charge in [0, 0.05) is 18.6 Å². The first-order valence-corrected chi connectivity index (χ1v) is 7.83. The van der Waals surface area contributed by atoms with Crippen LogP contribution < -0.4 is 5.32 Å². The summed E-state index contributed by atoms with van der Waals surface area (Å²) in [7, 11) is 3.99. The summed E-state index contributed by atoms with van der Waals surface area (Å²) in [4.78, 5) is 16.3. The van der Waals surface area contributed by atoms with Gasteiger partial charge < -0.3 is 15.3 Å². The summed E-state index contributed by atoms with van der Waals surface area (Å²) in [6, 6.07) is 1.48. The SMILES string of the molecule is CNC(C)(CCCN1CCC2CCC(C1)N2C)C(=O)O. The first kappa shape index (κ1) is 15.7. The normalized spacial score (nSPS) is 30.9. The van der Waals surface area contributed by atoms with Crippen LogP contribution in [0, 0.1) is 0 Å². The van der Waals surface area contributed by atoms with Gasteiger partial charge in [-0.25, -0.2) is 0 Å². The summed E-state index contributed by atoms with van der Waals surface area (Å²) in [5.74, 6) is -0.755. The molecule has 0 radical (unpaired) electrons. The predicted molar refractivity (Wildman–Crippen MR) is 80.0 cm³/mol. The van der Waals surface area contributed by atoms with E-state index in [1.165, 1.54) is 19.3 Å². The van der Waals surface area contributed by atoms with Gasteiger partial charge in [0.1, 0.15) is 5.54 Å². The largest absolute Gasteiger partial charge is 0.480 e. The van der Waals surface area contributed by atoms with Gasteiger partial charge in [0.15, 0.2) is 0 Å². The first-order valence-electron chi connectivity index (χ1n) is 7.83. The van der Waals surface area contributed by atoms with E-state index in [1.807, 2.05) is 0 Å². The topological polar surface area (TPSA) is 55.8 Å². The van der Waals surface area contributed by atoms with E-state index in [-0.39, 0.29) is 0 Å². The number of carboxylic acids is 1. The third-order valence-electron chi connectivity index (χ3n) is 5.41. The summed E-state index contributed by atoms with van der Waals surface area (Å²) in [6.07, 6.45) is 5.55. The van der Waals surface area contributed by atoms with Crippen molar-refractivity contribution < 1.29 is 9.90 Å². The molecule has 0 spiro atoms. The molecule has 0 aromatic heterocycles. The lowest BCUT2D eigenvalue weighted by Crippen LogP contribution is -2.48. The molecule has 0 amide bonds. The number of hydrogen-bond donors (Lipinski definition) is 2. The number of likely N-dealkylation sites (tertiary alicyclic amines) is 1. The van der Waals surface area contributed by atoms with E-state index >= 15 is 0 Å². The van der Waals surface area contributed by atoms with Crippen LogP contribution in [0.4, 0.5) is 0 Å². The molecule has 5 heteroatoms. The van der Waals surface area contributed by atoms with Crippen molar-refractivity contribution in [3.63, 3.8) is 0 Å². The first-order chi connectivity index (χ1) is 9.46. The Morgan fingerprint density at radius 2 is 2.05 bits per heavy atom. The van der Waals surface area contributed by atoms with Crippen LogP contribution in [0.3, 0.4) is 0 Å². The molecule has 3 atom stereocenters. The highest BCUT2D eigenvalue weighted by atomic mass is 16.4. The van der Waals surface area contributed by atoms with Crippen LogP contribution in [0.5, 0.6) is 0 Å². The van der Waals surface area contributed by atoms with Crippen LogP contribution in [0.1, 0.15) is 39.0 Å². The standard InChI is InChI=1S/C15H29N3O2/c1-15(16-2,14(19)20)8-4-9-18-10-7-12-5-6-13(11-18)17(12)3/h12-13,16H,4-11H2,1-3H3,(H,19,20). The highest BCUT2D eigenvalue weighted by molar-refractivity contribution is 5.78. The average Bonchev–Trinajstić information content (AvgIpc) is 2.65. The number of aliphatic carboxylic acids is 1. The number of carbonyl (C=O) groups is 1. The van der Waals surface area contributed by atoms with Crippen molar-refractivity contribution in [2.24, 2.45) is 0 Å². The Morgan fingerprint density at radius 1 is 1.35 bits per heavy atom. The number of rotatable bonds is 6. The third-order valence-corrected chi connectivity index (χ3v) is 5.41. The molecule has 0 aromatic rings. The minimum absolute atomic E-state index is 0.680. The van der Waals surface area contributed by atoms with Gasteiger partial charge in [-0.15, -0.1) is 0 Å². The monoisotopic (exact) mass is 283 g/mol. The van der Waals surface area contributed by atoms with Crippen molar-refractivity contribution in [3.8, 4) is 0 Å². The summed E-state index contributed by atoms with van der Waals surface area (Å²) >= 11 is 0. The number of fused-ring (bicyclic) bond motifs is 2. The van der Waals surface area contributed by atoms with E-state index in [0.29, 0.717) is 12.5 Å². The molecule has 2 N–H and O–H groups in total. The minimum atomic E-state index is -0.790. The van der Waals surface area contributed by atoms with Gasteiger partial charge in [0.2, 0.25) is 0 Å². The minimum Gasteiger partial charge on any atom is -0.480 e. The van der Waals surface area contributed by atoms with Gasteiger partial charge in [-0.3, -0.25) is 9.69 Å². The lowest BCUT2D eigenvalue weighted by molar-refractivity contribution is -0.144. The van der Waals surface area contributed by atoms with Gasteiger partial charge >= 0.3 is 5.97 Å². The quantitative estimate of drug-likeness (QED) is 0.761. The Kier molecular flexibility index (Phi) is 5.04. The van der Waals surface area contributed by atoms with Crippen molar-refractivity contribution in [3.05, 3.63) is 0 Å². The summed E-state index contributed by atoms with van der Waals surface area (Å²) in [5, 5.41) is 12.2. The van der Waals surface area contributed by atoms with Gasteiger partial charge in [-0.2, -0.15) is 0 Å². The van der Waals surface area contributed by atoms with Crippen LogP contribution in [-0.4, -0.2) is 72.2 Å². The molecular weight excluding hydrogens is 254 g/mol. The van der Waals surface area contributed by atoms with Crippen LogP contribution in [-0.2, 0) is 4.79 Å². The van der Waals surface area contributed by atoms with Crippen LogP contribution >= 0.6 is 0 Å². The molecule has 2 aliphatic heterocycles. The molecule has 0 aliphatic carbocycles. The zero-order chi connectivity index (χ0) is 14.8. The number of nitrogens with zero attached hydrogens (tertiary/aromatic N) is 2. The molecule has 0 saturated carbocycles. The van der Waals surface area contributed by atoms with Crippen molar-refractivity contribution in [1.82, 2.24) is 15.1 Å². The summed E-state index contributed by atoms with van der Waals surface area (Å²) in [5.41, 5.74) is -0.790. The second-order valence-electron chi connectivity index (χ2n) is 6.63. The Labute approximate surface area is 122 Å². The van der Waals surface area contributed by atoms with Gasteiger partial charge in [-0.05, 0) is 66.2 Å². The molecule has 0 aromatic carbocycles. The second-order valence-corrected chi connectivity index (χ2v) is 6.63. The number of carboxylic acid groups (broad SMARTS) is 1. The lowest BCUT2D eigenvalue weighted by Gasteiger charge is -2.28. The van der Waals surface area contributed by atoms with Crippen molar-refractivity contribution >= 4 is 5.97 Å². The van der Waals surface area contributed by atoms with Crippen LogP contribution in [0.25, 0.3) is 0 Å². The fourth-order valence-corrected chi connectivity index (χ4v) is 3.58. The molecular formula is C15H29N3O2. The third kappa shape index (κ3) is 3.32. The van der Waals surface area contributed by atoms with E-state index < -0.39 is 11.5 Å². The van der Waals surface area contributed by atoms with E-state index in [2.05, 4.69) is 22.2 Å². The molecule has 2 rings (SSSR count). The molecule has 2 heterocycles. The van der Waals surface area contributed by atoms with E-state index in [0.717, 1.165) is 32.1 Å². The van der Waals surface area contributed by atoms with Crippen LogP contribution in [0.2, 0.25) is 0 Å². The predicted octanol–water partition coefficient (Wildman–Crippen LogP) is 0.998. The lowest BCUT2D eigenvalue weighted by atomic mass is 9.96. The number of likely N-dealkylation sites (N-methyl/N-ethyl adjacent to an activating group) is 2. The molecule has 2 bridgehead atoms. The molecule has 20 heavy (non-hydrogen) atoms. The van der Waals surface area contributed by atoms with E-state index in [9.17, 15) is 9.90 Å². The zero-order valence-corrected chi connectivity index (χ0v) is 13.1. The van der Waals surface area contributed by atoms with Gasteiger partial charge in [0.25, 0.3) is 0 Å². The maximum atomic E-state index is 11.3. The maximum Gasteiger partial charge on any atom is 0.323 e. The second kappa shape index (κ2) is 6.41. The fourth-order valence-electron chi connectivity index (χ4n) is 3.58. The van der Waals surface area contributed by atoms with Crippen molar-refractivity contribution in [1.29, 1.82) is 0 Å². The summed E-state index contributed by atoms with van der Waals surface area (Å²) < 4.78 is 0. The molecule has 3 unspecified atom stereocenters. The maximum absolute atomic E-state index is 11.3. The molecule has 116 valence electrons. The molecule has 2 saturated heterocycles. The highest BCUT2D eigenvalue weighted by Crippen LogP contribution is 2.28. The van der Waals surface area contributed by atoms with E-state index in [1.54, 1.807) is 14.0 Å². The smallest absolute Gasteiger partial charge is 0.323 e. The number of nitrogens with one attached hydrogen (secondary N) is 1. The molecule has 2 aliphatic rings. The Hall–Kier alpha value is -0.650. The van der Waals surface area contributed by atoms with Gasteiger partial charge in [0.05, 0.1) is 0 Å². The van der Waals surface area contributed by atoms with Crippen molar-refractivity contribution in [2.75, 3.05) is 33.7 Å². The Balaban J connectivity index is 1.79.